The van der Waals surface area contributed by atoms with Gasteiger partial charge in [0.1, 0.15) is 6.33 Å². The molecule has 0 saturated heterocycles. The van der Waals surface area contributed by atoms with E-state index < -0.39 is 21.4 Å². The number of aromatic nitrogens is 2. The molecule has 0 aliphatic rings. The summed E-state index contributed by atoms with van der Waals surface area (Å²) in [6.45, 7) is 0.173. The Bertz CT molecular complexity index is 1140. The summed E-state index contributed by atoms with van der Waals surface area (Å²) in [5, 5.41) is 25.6. The minimum absolute atomic E-state index is 0.0768. The Kier molecular flexibility index (Phi) is 6.52. The van der Waals surface area contributed by atoms with Crippen LogP contribution in [0, 0.1) is 20.2 Å². The molecule has 0 atom stereocenters. The van der Waals surface area contributed by atoms with Crippen molar-refractivity contribution in [3.63, 3.8) is 0 Å². The van der Waals surface area contributed by atoms with Crippen molar-refractivity contribution in [2.24, 2.45) is 0 Å². The molecule has 3 rings (SSSR count). The first-order valence-electron chi connectivity index (χ1n) is 8.64. The van der Waals surface area contributed by atoms with Gasteiger partial charge in [-0.1, -0.05) is 29.8 Å². The first kappa shape index (κ1) is 21.4. The number of nitro benzene ring substituents is 1. The van der Waals surface area contributed by atoms with Crippen LogP contribution in [0.4, 0.5) is 23.0 Å². The van der Waals surface area contributed by atoms with E-state index in [0.717, 1.165) is 6.33 Å². The maximum atomic E-state index is 12.2. The SMILES string of the molecule is O=C(NNc1ncnc(NCc2ccccc2Cl)c1[N+](=O)[O-])c1ccc([N+](=O)[O-])cc1. The average molecular weight is 444 g/mol. The molecule has 0 aliphatic carbocycles. The number of hydrogen-bond acceptors (Lipinski definition) is 9. The van der Waals surface area contributed by atoms with E-state index in [1.807, 2.05) is 0 Å². The molecular weight excluding hydrogens is 430 g/mol. The second kappa shape index (κ2) is 9.45. The third kappa shape index (κ3) is 5.19. The van der Waals surface area contributed by atoms with Crippen LogP contribution in [0.15, 0.2) is 54.9 Å². The fourth-order valence-corrected chi connectivity index (χ4v) is 2.72. The highest BCUT2D eigenvalue weighted by Crippen LogP contribution is 2.29. The average Bonchev–Trinajstić information content (AvgIpc) is 2.76. The predicted octanol–water partition coefficient (Wildman–Crippen LogP) is 3.32. The number of amides is 1. The standard InChI is InChI=1S/C18H14ClN7O5/c19-14-4-2-1-3-12(14)9-20-16-15(26(30)31)17(22-10-21-16)23-24-18(27)11-5-7-13(8-6-11)25(28)29/h1-8,10H,9H2,(H,24,27)(H2,20,21,22,23). The van der Waals surface area contributed by atoms with Gasteiger partial charge in [-0.25, -0.2) is 9.97 Å². The van der Waals surface area contributed by atoms with Gasteiger partial charge in [0.2, 0.25) is 11.6 Å². The lowest BCUT2D eigenvalue weighted by atomic mass is 10.2. The molecule has 31 heavy (non-hydrogen) atoms. The highest BCUT2D eigenvalue weighted by atomic mass is 35.5. The van der Waals surface area contributed by atoms with Crippen LogP contribution in [0.3, 0.4) is 0 Å². The summed E-state index contributed by atoms with van der Waals surface area (Å²) in [7, 11) is 0. The summed E-state index contributed by atoms with van der Waals surface area (Å²) in [5.74, 6) is -1.00. The highest BCUT2D eigenvalue weighted by molar-refractivity contribution is 6.31. The molecule has 0 radical (unpaired) electrons. The summed E-state index contributed by atoms with van der Waals surface area (Å²) >= 11 is 6.09. The molecule has 1 amide bonds. The lowest BCUT2D eigenvalue weighted by Crippen LogP contribution is -2.30. The van der Waals surface area contributed by atoms with Crippen LogP contribution in [0.1, 0.15) is 15.9 Å². The second-order valence-electron chi connectivity index (χ2n) is 6.00. The van der Waals surface area contributed by atoms with Crippen LogP contribution < -0.4 is 16.2 Å². The largest absolute Gasteiger partial charge is 0.360 e. The Labute approximate surface area is 179 Å². The fraction of sp³-hybridized carbons (Fsp3) is 0.0556. The quantitative estimate of drug-likeness (QED) is 0.349. The molecule has 3 N–H and O–H groups in total. The number of rotatable bonds is 8. The van der Waals surface area contributed by atoms with E-state index in [4.69, 9.17) is 11.6 Å². The van der Waals surface area contributed by atoms with Crippen molar-refractivity contribution in [1.29, 1.82) is 0 Å². The number of nitro groups is 2. The molecule has 0 saturated carbocycles. The van der Waals surface area contributed by atoms with E-state index in [9.17, 15) is 25.0 Å². The van der Waals surface area contributed by atoms with Gasteiger partial charge in [0, 0.05) is 29.3 Å². The molecule has 0 spiro atoms. The molecule has 0 fully saturated rings. The zero-order chi connectivity index (χ0) is 22.4. The minimum atomic E-state index is -0.699. The van der Waals surface area contributed by atoms with E-state index in [1.165, 1.54) is 24.3 Å². The molecule has 2 aromatic carbocycles. The van der Waals surface area contributed by atoms with E-state index >= 15 is 0 Å². The third-order valence-corrected chi connectivity index (χ3v) is 4.41. The van der Waals surface area contributed by atoms with Gasteiger partial charge in [-0.3, -0.25) is 35.9 Å². The number of nitrogens with zero attached hydrogens (tertiary/aromatic N) is 4. The number of carbonyl (C=O) groups is 1. The minimum Gasteiger partial charge on any atom is -0.360 e. The molecule has 13 heteroatoms. The monoisotopic (exact) mass is 443 g/mol. The van der Waals surface area contributed by atoms with Crippen LogP contribution >= 0.6 is 11.6 Å². The van der Waals surface area contributed by atoms with Crippen molar-refractivity contribution in [2.75, 3.05) is 10.7 Å². The van der Waals surface area contributed by atoms with Gasteiger partial charge in [-0.2, -0.15) is 0 Å². The molecule has 3 aromatic rings. The van der Waals surface area contributed by atoms with Gasteiger partial charge in [0.25, 0.3) is 11.6 Å². The van der Waals surface area contributed by atoms with Gasteiger partial charge in [-0.15, -0.1) is 0 Å². The first-order valence-corrected chi connectivity index (χ1v) is 9.02. The van der Waals surface area contributed by atoms with Crippen LogP contribution in [-0.4, -0.2) is 25.7 Å². The molecule has 12 nitrogen and oxygen atoms in total. The van der Waals surface area contributed by atoms with Crippen LogP contribution in [0.25, 0.3) is 0 Å². The van der Waals surface area contributed by atoms with Crippen molar-refractivity contribution in [2.45, 2.75) is 6.54 Å². The van der Waals surface area contributed by atoms with Crippen LogP contribution in [-0.2, 0) is 6.54 Å². The predicted molar refractivity (Wildman–Crippen MR) is 112 cm³/mol. The number of carbonyl (C=O) groups excluding carboxylic acids is 1. The number of non-ortho nitro benzene ring substituents is 1. The highest BCUT2D eigenvalue weighted by Gasteiger charge is 2.23. The smallest absolute Gasteiger partial charge is 0.354 e. The zero-order valence-corrected chi connectivity index (χ0v) is 16.4. The topological polar surface area (TPSA) is 165 Å². The molecule has 0 aliphatic heterocycles. The number of halogens is 1. The van der Waals surface area contributed by atoms with Crippen molar-refractivity contribution >= 4 is 40.5 Å². The molecule has 0 unspecified atom stereocenters. The lowest BCUT2D eigenvalue weighted by Gasteiger charge is -2.11. The second-order valence-corrected chi connectivity index (χ2v) is 6.41. The summed E-state index contributed by atoms with van der Waals surface area (Å²) in [6, 6.07) is 11.8. The van der Waals surface area contributed by atoms with E-state index in [1.54, 1.807) is 24.3 Å². The van der Waals surface area contributed by atoms with E-state index in [-0.39, 0.29) is 29.4 Å². The van der Waals surface area contributed by atoms with E-state index in [2.05, 4.69) is 26.1 Å². The third-order valence-electron chi connectivity index (χ3n) is 4.04. The van der Waals surface area contributed by atoms with Crippen molar-refractivity contribution in [3.8, 4) is 0 Å². The molecule has 158 valence electrons. The van der Waals surface area contributed by atoms with Crippen molar-refractivity contribution in [3.05, 3.63) is 91.2 Å². The van der Waals surface area contributed by atoms with E-state index in [0.29, 0.717) is 10.6 Å². The molecule has 1 heterocycles. The number of hydrazine groups is 1. The Balaban J connectivity index is 1.74. The fourth-order valence-electron chi connectivity index (χ4n) is 2.52. The number of hydrogen-bond donors (Lipinski definition) is 3. The summed E-state index contributed by atoms with van der Waals surface area (Å²) < 4.78 is 0. The number of nitrogens with one attached hydrogen (secondary N) is 3. The molecule has 0 bridgehead atoms. The number of anilines is 2. The Morgan fingerprint density at radius 3 is 2.29 bits per heavy atom. The summed E-state index contributed by atoms with van der Waals surface area (Å²) in [6.07, 6.45) is 1.09. The van der Waals surface area contributed by atoms with Crippen molar-refractivity contribution in [1.82, 2.24) is 15.4 Å². The lowest BCUT2D eigenvalue weighted by molar-refractivity contribution is -0.384. The summed E-state index contributed by atoms with van der Waals surface area (Å²) in [5.41, 5.74) is 4.80. The molecular formula is C18H14ClN7O5. The maximum Gasteiger partial charge on any atom is 0.354 e. The van der Waals surface area contributed by atoms with Crippen LogP contribution in [0.2, 0.25) is 5.02 Å². The van der Waals surface area contributed by atoms with Gasteiger partial charge >= 0.3 is 5.69 Å². The van der Waals surface area contributed by atoms with Crippen LogP contribution in [0.5, 0.6) is 0 Å². The first-order chi connectivity index (χ1) is 14.9. The zero-order valence-electron chi connectivity index (χ0n) is 15.6. The Morgan fingerprint density at radius 2 is 1.65 bits per heavy atom. The maximum absolute atomic E-state index is 12.2. The summed E-state index contributed by atoms with van der Waals surface area (Å²) in [4.78, 5) is 40.9. The Morgan fingerprint density at radius 1 is 0.968 bits per heavy atom. The van der Waals surface area contributed by atoms with Gasteiger partial charge in [0.15, 0.2) is 0 Å². The number of benzene rings is 2. The molecule has 1 aromatic heterocycles. The van der Waals surface area contributed by atoms with Gasteiger partial charge in [0.05, 0.1) is 9.85 Å². The van der Waals surface area contributed by atoms with Gasteiger partial charge in [-0.05, 0) is 23.8 Å². The van der Waals surface area contributed by atoms with Gasteiger partial charge < -0.3 is 5.32 Å². The Hall–Kier alpha value is -4.32. The normalized spacial score (nSPS) is 10.2. The van der Waals surface area contributed by atoms with Crippen molar-refractivity contribution < 1.29 is 14.6 Å².